The third-order valence-corrected chi connectivity index (χ3v) is 2.93. The molecule has 1 aliphatic rings. The highest BCUT2D eigenvalue weighted by molar-refractivity contribution is 6.30. The van der Waals surface area contributed by atoms with Crippen molar-refractivity contribution in [3.8, 4) is 0 Å². The van der Waals surface area contributed by atoms with Gasteiger partial charge in [-0.25, -0.2) is 4.39 Å². The average Bonchev–Trinajstić information content (AvgIpc) is 2.53. The molecule has 0 nitrogen and oxygen atoms in total. The van der Waals surface area contributed by atoms with E-state index < -0.39 is 0 Å². The van der Waals surface area contributed by atoms with Crippen molar-refractivity contribution in [3.63, 3.8) is 0 Å². The maximum absolute atomic E-state index is 13.0. The summed E-state index contributed by atoms with van der Waals surface area (Å²) in [4.78, 5) is 0. The molecule has 2 rings (SSSR count). The fraction of sp³-hybridized carbons (Fsp3) is 0.455. The minimum atomic E-state index is -0.214. The Labute approximate surface area is 82.7 Å². The number of rotatable bonds is 1. The van der Waals surface area contributed by atoms with Gasteiger partial charge in [0.05, 0.1) is 0 Å². The summed E-state index contributed by atoms with van der Waals surface area (Å²) in [6, 6.07) is 4.86. The van der Waals surface area contributed by atoms with E-state index >= 15 is 0 Å². The van der Waals surface area contributed by atoms with Crippen molar-refractivity contribution in [1.29, 1.82) is 0 Å². The van der Waals surface area contributed by atoms with Crippen LogP contribution in [-0.2, 0) is 0 Å². The summed E-state index contributed by atoms with van der Waals surface area (Å²) in [6.45, 7) is 0. The fourth-order valence-corrected chi connectivity index (χ4v) is 2.30. The predicted molar refractivity (Wildman–Crippen MR) is 52.6 cm³/mol. The third kappa shape index (κ3) is 2.02. The number of hydrogen-bond acceptors (Lipinski definition) is 0. The van der Waals surface area contributed by atoms with E-state index in [9.17, 15) is 4.39 Å². The van der Waals surface area contributed by atoms with E-state index in [2.05, 4.69) is 0 Å². The van der Waals surface area contributed by atoms with Crippen molar-refractivity contribution in [2.24, 2.45) is 0 Å². The molecule has 0 bridgehead atoms. The molecule has 0 radical (unpaired) electrons. The van der Waals surface area contributed by atoms with Gasteiger partial charge in [-0.2, -0.15) is 0 Å². The molecule has 0 amide bonds. The normalized spacial score (nSPS) is 18.0. The maximum atomic E-state index is 13.0. The summed E-state index contributed by atoms with van der Waals surface area (Å²) in [6.07, 6.45) is 4.89. The molecule has 0 spiro atoms. The molecule has 0 N–H and O–H groups in total. The van der Waals surface area contributed by atoms with Crippen molar-refractivity contribution in [3.05, 3.63) is 34.6 Å². The zero-order valence-electron chi connectivity index (χ0n) is 7.39. The van der Waals surface area contributed by atoms with E-state index in [1.54, 1.807) is 6.07 Å². The summed E-state index contributed by atoms with van der Waals surface area (Å²) < 4.78 is 13.0. The van der Waals surface area contributed by atoms with E-state index in [4.69, 9.17) is 11.6 Å². The minimum absolute atomic E-state index is 0.214. The second-order valence-electron chi connectivity index (χ2n) is 3.68. The number of benzene rings is 1. The van der Waals surface area contributed by atoms with Gasteiger partial charge >= 0.3 is 0 Å². The average molecular weight is 199 g/mol. The van der Waals surface area contributed by atoms with Crippen LogP contribution in [-0.4, -0.2) is 0 Å². The molecule has 13 heavy (non-hydrogen) atoms. The summed E-state index contributed by atoms with van der Waals surface area (Å²) in [5.74, 6) is 0.322. The zero-order valence-corrected chi connectivity index (χ0v) is 8.15. The second kappa shape index (κ2) is 3.67. The first-order valence-corrected chi connectivity index (χ1v) is 5.09. The third-order valence-electron chi connectivity index (χ3n) is 2.71. The van der Waals surface area contributed by atoms with Crippen LogP contribution in [0.4, 0.5) is 4.39 Å². The molecule has 1 aromatic rings. The monoisotopic (exact) mass is 198 g/mol. The molecular weight excluding hydrogens is 187 g/mol. The molecule has 1 fully saturated rings. The SMILES string of the molecule is Fc1cc(Cl)cc(C2CCCC2)c1. The van der Waals surface area contributed by atoms with Gasteiger partial charge in [0, 0.05) is 5.02 Å². The van der Waals surface area contributed by atoms with Gasteiger partial charge in [-0.05, 0) is 42.5 Å². The van der Waals surface area contributed by atoms with Crippen LogP contribution in [0.5, 0.6) is 0 Å². The van der Waals surface area contributed by atoms with Crippen LogP contribution in [0.25, 0.3) is 0 Å². The molecule has 70 valence electrons. The first-order valence-electron chi connectivity index (χ1n) is 4.72. The van der Waals surface area contributed by atoms with Crippen LogP contribution in [0, 0.1) is 5.82 Å². The summed E-state index contributed by atoms with van der Waals surface area (Å²) in [5.41, 5.74) is 1.07. The van der Waals surface area contributed by atoms with Crippen LogP contribution in [0.1, 0.15) is 37.2 Å². The lowest BCUT2D eigenvalue weighted by atomic mass is 9.98. The Morgan fingerprint density at radius 1 is 1.15 bits per heavy atom. The van der Waals surface area contributed by atoms with E-state index in [0.717, 1.165) is 5.56 Å². The van der Waals surface area contributed by atoms with Gasteiger partial charge < -0.3 is 0 Å². The Bertz CT molecular complexity index is 283. The van der Waals surface area contributed by atoms with Gasteiger partial charge in [0.2, 0.25) is 0 Å². The standard InChI is InChI=1S/C11H12ClF/c12-10-5-9(6-11(13)7-10)8-3-1-2-4-8/h5-8H,1-4H2. The fourth-order valence-electron chi connectivity index (χ4n) is 2.07. The van der Waals surface area contributed by atoms with E-state index in [0.29, 0.717) is 10.9 Å². The largest absolute Gasteiger partial charge is 0.207 e. The molecule has 0 unspecified atom stereocenters. The highest BCUT2D eigenvalue weighted by Crippen LogP contribution is 2.35. The quantitative estimate of drug-likeness (QED) is 0.637. The molecular formula is C11H12ClF. The molecule has 0 heterocycles. The molecule has 0 atom stereocenters. The molecule has 0 aliphatic heterocycles. The highest BCUT2D eigenvalue weighted by Gasteiger charge is 2.17. The van der Waals surface area contributed by atoms with Gasteiger partial charge in [0.15, 0.2) is 0 Å². The Morgan fingerprint density at radius 2 is 1.85 bits per heavy atom. The van der Waals surface area contributed by atoms with Crippen molar-refractivity contribution >= 4 is 11.6 Å². The van der Waals surface area contributed by atoms with Crippen LogP contribution >= 0.6 is 11.6 Å². The van der Waals surface area contributed by atoms with Gasteiger partial charge in [-0.1, -0.05) is 24.4 Å². The lowest BCUT2D eigenvalue weighted by Gasteiger charge is -2.09. The summed E-state index contributed by atoms with van der Waals surface area (Å²) in [5, 5.41) is 0.516. The van der Waals surface area contributed by atoms with Crippen molar-refractivity contribution in [2.45, 2.75) is 31.6 Å². The molecule has 0 saturated heterocycles. The molecule has 1 aromatic carbocycles. The van der Waals surface area contributed by atoms with Crippen molar-refractivity contribution < 1.29 is 4.39 Å². The molecule has 1 saturated carbocycles. The predicted octanol–water partition coefficient (Wildman–Crippen LogP) is 4.14. The molecule has 2 heteroatoms. The topological polar surface area (TPSA) is 0 Å². The van der Waals surface area contributed by atoms with Gasteiger partial charge in [0.25, 0.3) is 0 Å². The van der Waals surface area contributed by atoms with Crippen molar-refractivity contribution in [1.82, 2.24) is 0 Å². The van der Waals surface area contributed by atoms with Crippen LogP contribution in [0.2, 0.25) is 5.02 Å². The highest BCUT2D eigenvalue weighted by atomic mass is 35.5. The Balaban J connectivity index is 2.28. The van der Waals surface area contributed by atoms with E-state index in [1.165, 1.54) is 31.7 Å². The number of halogens is 2. The van der Waals surface area contributed by atoms with Crippen LogP contribution in [0.15, 0.2) is 18.2 Å². The second-order valence-corrected chi connectivity index (χ2v) is 4.12. The van der Waals surface area contributed by atoms with Crippen molar-refractivity contribution in [2.75, 3.05) is 0 Å². The molecule has 0 aromatic heterocycles. The van der Waals surface area contributed by atoms with E-state index in [1.807, 2.05) is 6.07 Å². The lowest BCUT2D eigenvalue weighted by Crippen LogP contribution is -1.92. The Morgan fingerprint density at radius 3 is 2.46 bits per heavy atom. The smallest absolute Gasteiger partial charge is 0.124 e. The number of hydrogen-bond donors (Lipinski definition) is 0. The van der Waals surface area contributed by atoms with Gasteiger partial charge in [0.1, 0.15) is 5.82 Å². The summed E-state index contributed by atoms with van der Waals surface area (Å²) in [7, 11) is 0. The Kier molecular flexibility index (Phi) is 2.54. The zero-order chi connectivity index (χ0) is 9.26. The lowest BCUT2D eigenvalue weighted by molar-refractivity contribution is 0.619. The van der Waals surface area contributed by atoms with E-state index in [-0.39, 0.29) is 5.82 Å². The van der Waals surface area contributed by atoms with Crippen LogP contribution < -0.4 is 0 Å². The maximum Gasteiger partial charge on any atom is 0.124 e. The Hall–Kier alpha value is -0.560. The van der Waals surface area contributed by atoms with Gasteiger partial charge in [-0.3, -0.25) is 0 Å². The van der Waals surface area contributed by atoms with Crippen LogP contribution in [0.3, 0.4) is 0 Å². The first kappa shape index (κ1) is 9.01. The summed E-state index contributed by atoms with van der Waals surface area (Å²) >= 11 is 5.79. The van der Waals surface area contributed by atoms with Gasteiger partial charge in [-0.15, -0.1) is 0 Å². The molecule has 1 aliphatic carbocycles. The minimum Gasteiger partial charge on any atom is -0.207 e. The first-order chi connectivity index (χ1) is 6.25.